The molecule has 2 aromatic rings. The van der Waals surface area contributed by atoms with Gasteiger partial charge in [-0.1, -0.05) is 11.8 Å². The van der Waals surface area contributed by atoms with E-state index in [9.17, 15) is 9.90 Å². The molecule has 0 saturated carbocycles. The van der Waals surface area contributed by atoms with Crippen LogP contribution in [0.25, 0.3) is 11.0 Å². The van der Waals surface area contributed by atoms with Crippen molar-refractivity contribution in [2.24, 2.45) is 0 Å². The van der Waals surface area contributed by atoms with E-state index in [0.717, 1.165) is 0 Å². The summed E-state index contributed by atoms with van der Waals surface area (Å²) in [5, 5.41) is 9.87. The Bertz CT molecular complexity index is 535. The number of aromatic nitrogens is 1. The molecule has 14 heavy (non-hydrogen) atoms. The smallest absolute Gasteiger partial charge is 0.284 e. The standard InChI is InChI=1S/C9H7NO3S/c1-14-9-10-8(12)6-3-2-5(11)4-7(6)13-9/h2-4,11H,1H3. The summed E-state index contributed by atoms with van der Waals surface area (Å²) in [4.78, 5) is 15.1. The summed E-state index contributed by atoms with van der Waals surface area (Å²) in [6.45, 7) is 0. The zero-order valence-corrected chi connectivity index (χ0v) is 8.17. The molecule has 0 spiro atoms. The van der Waals surface area contributed by atoms with Crippen molar-refractivity contribution >= 4 is 22.7 Å². The summed E-state index contributed by atoms with van der Waals surface area (Å²) in [5.41, 5.74) is 0.0185. The number of hydrogen-bond acceptors (Lipinski definition) is 5. The second-order valence-corrected chi connectivity index (χ2v) is 3.43. The molecule has 0 bridgehead atoms. The van der Waals surface area contributed by atoms with Gasteiger partial charge in [0, 0.05) is 6.07 Å². The van der Waals surface area contributed by atoms with E-state index in [0.29, 0.717) is 16.2 Å². The monoisotopic (exact) mass is 209 g/mol. The Morgan fingerprint density at radius 1 is 1.50 bits per heavy atom. The molecule has 0 saturated heterocycles. The molecule has 0 fully saturated rings. The van der Waals surface area contributed by atoms with Gasteiger partial charge in [-0.05, 0) is 18.4 Å². The van der Waals surface area contributed by atoms with E-state index < -0.39 is 0 Å². The van der Waals surface area contributed by atoms with Crippen LogP contribution in [-0.4, -0.2) is 16.3 Å². The molecule has 2 rings (SSSR count). The van der Waals surface area contributed by atoms with Crippen LogP contribution in [0.15, 0.2) is 32.6 Å². The summed E-state index contributed by atoms with van der Waals surface area (Å²) in [6, 6.07) is 4.32. The van der Waals surface area contributed by atoms with Crippen LogP contribution >= 0.6 is 11.8 Å². The number of benzene rings is 1. The molecule has 1 heterocycles. The number of nitrogens with zero attached hydrogens (tertiary/aromatic N) is 1. The van der Waals surface area contributed by atoms with E-state index in [2.05, 4.69) is 4.98 Å². The van der Waals surface area contributed by atoms with Crippen LogP contribution in [0.3, 0.4) is 0 Å². The van der Waals surface area contributed by atoms with E-state index in [1.807, 2.05) is 0 Å². The van der Waals surface area contributed by atoms with Gasteiger partial charge in [0.15, 0.2) is 0 Å². The van der Waals surface area contributed by atoms with Crippen LogP contribution in [0.2, 0.25) is 0 Å². The van der Waals surface area contributed by atoms with Crippen LogP contribution in [-0.2, 0) is 0 Å². The lowest BCUT2D eigenvalue weighted by Gasteiger charge is -1.98. The first-order chi connectivity index (χ1) is 6.70. The first-order valence-corrected chi connectivity index (χ1v) is 5.11. The zero-order chi connectivity index (χ0) is 10.1. The fraction of sp³-hybridized carbons (Fsp3) is 0.111. The predicted molar refractivity (Wildman–Crippen MR) is 53.7 cm³/mol. The van der Waals surface area contributed by atoms with Crippen molar-refractivity contribution in [2.75, 3.05) is 6.26 Å². The van der Waals surface area contributed by atoms with E-state index >= 15 is 0 Å². The molecule has 0 unspecified atom stereocenters. The van der Waals surface area contributed by atoms with Crippen LogP contribution in [0.4, 0.5) is 0 Å². The molecule has 1 N–H and O–H groups in total. The van der Waals surface area contributed by atoms with Crippen molar-refractivity contribution in [3.05, 3.63) is 28.6 Å². The van der Waals surface area contributed by atoms with Gasteiger partial charge in [0.25, 0.3) is 10.8 Å². The third kappa shape index (κ3) is 1.46. The summed E-state index contributed by atoms with van der Waals surface area (Å²) in [6.07, 6.45) is 1.76. The maximum Gasteiger partial charge on any atom is 0.284 e. The number of phenols is 1. The molecule has 4 nitrogen and oxygen atoms in total. The lowest BCUT2D eigenvalue weighted by Crippen LogP contribution is -2.06. The molecule has 5 heteroatoms. The minimum Gasteiger partial charge on any atom is -0.508 e. The molecule has 1 aromatic carbocycles. The van der Waals surface area contributed by atoms with Gasteiger partial charge in [-0.2, -0.15) is 4.98 Å². The Balaban J connectivity index is 2.84. The molecule has 0 aliphatic carbocycles. The normalized spacial score (nSPS) is 10.6. The Labute approximate surface area is 83.6 Å². The van der Waals surface area contributed by atoms with Gasteiger partial charge < -0.3 is 9.52 Å². The first kappa shape index (κ1) is 9.08. The Morgan fingerprint density at radius 3 is 3.00 bits per heavy atom. The van der Waals surface area contributed by atoms with E-state index in [1.165, 1.54) is 30.0 Å². The molecule has 0 aliphatic heterocycles. The third-order valence-electron chi connectivity index (χ3n) is 1.76. The van der Waals surface area contributed by atoms with Gasteiger partial charge in [0.1, 0.15) is 11.3 Å². The zero-order valence-electron chi connectivity index (χ0n) is 7.35. The number of phenolic OH excluding ortho intramolecular Hbond substituents is 1. The van der Waals surface area contributed by atoms with Crippen molar-refractivity contribution in [2.45, 2.75) is 5.22 Å². The molecule has 0 amide bonds. The maximum absolute atomic E-state index is 11.4. The highest BCUT2D eigenvalue weighted by Gasteiger charge is 2.05. The lowest BCUT2D eigenvalue weighted by atomic mass is 10.2. The van der Waals surface area contributed by atoms with Crippen molar-refractivity contribution < 1.29 is 9.52 Å². The summed E-state index contributed by atoms with van der Waals surface area (Å²) < 4.78 is 5.26. The Morgan fingerprint density at radius 2 is 2.29 bits per heavy atom. The highest BCUT2D eigenvalue weighted by atomic mass is 32.2. The Kier molecular flexibility index (Phi) is 2.17. The van der Waals surface area contributed by atoms with Gasteiger partial charge in [0.2, 0.25) is 0 Å². The van der Waals surface area contributed by atoms with Crippen LogP contribution < -0.4 is 5.56 Å². The molecule has 0 radical (unpaired) electrons. The predicted octanol–water partition coefficient (Wildman–Crippen LogP) is 1.62. The second kappa shape index (κ2) is 3.34. The van der Waals surface area contributed by atoms with Crippen molar-refractivity contribution in [3.63, 3.8) is 0 Å². The highest BCUT2D eigenvalue weighted by Crippen LogP contribution is 2.20. The molecule has 1 aromatic heterocycles. The first-order valence-electron chi connectivity index (χ1n) is 3.88. The number of thioether (sulfide) groups is 1. The average Bonchev–Trinajstić information content (AvgIpc) is 2.16. The number of rotatable bonds is 1. The van der Waals surface area contributed by atoms with Crippen molar-refractivity contribution in [1.82, 2.24) is 4.98 Å². The quantitative estimate of drug-likeness (QED) is 0.723. The molecular formula is C9H7NO3S. The van der Waals surface area contributed by atoms with Crippen LogP contribution in [0, 0.1) is 0 Å². The minimum atomic E-state index is -0.337. The van der Waals surface area contributed by atoms with E-state index in [1.54, 1.807) is 6.26 Å². The maximum atomic E-state index is 11.4. The van der Waals surface area contributed by atoms with Crippen molar-refractivity contribution in [1.29, 1.82) is 0 Å². The van der Waals surface area contributed by atoms with Gasteiger partial charge in [0.05, 0.1) is 5.39 Å². The SMILES string of the molecule is CSc1nc(=O)c2ccc(O)cc2o1. The third-order valence-corrected chi connectivity index (χ3v) is 2.28. The molecule has 72 valence electrons. The minimum absolute atomic E-state index is 0.0684. The fourth-order valence-corrected chi connectivity index (χ4v) is 1.47. The van der Waals surface area contributed by atoms with Crippen LogP contribution in [0.5, 0.6) is 5.75 Å². The highest BCUT2D eigenvalue weighted by molar-refractivity contribution is 7.98. The molecule has 0 atom stereocenters. The molecule has 0 aliphatic rings. The largest absolute Gasteiger partial charge is 0.508 e. The van der Waals surface area contributed by atoms with E-state index in [4.69, 9.17) is 4.42 Å². The van der Waals surface area contributed by atoms with Gasteiger partial charge in [-0.3, -0.25) is 4.79 Å². The summed E-state index contributed by atoms with van der Waals surface area (Å²) in [5.74, 6) is 0.0684. The topological polar surface area (TPSA) is 63.3 Å². The number of aromatic hydroxyl groups is 1. The molecular weight excluding hydrogens is 202 g/mol. The van der Waals surface area contributed by atoms with Crippen molar-refractivity contribution in [3.8, 4) is 5.75 Å². The Hall–Kier alpha value is -1.49. The lowest BCUT2D eigenvalue weighted by molar-refractivity contribution is 0.451. The van der Waals surface area contributed by atoms with Gasteiger partial charge >= 0.3 is 0 Å². The fourth-order valence-electron chi connectivity index (χ4n) is 1.12. The average molecular weight is 209 g/mol. The second-order valence-electron chi connectivity index (χ2n) is 2.67. The van der Waals surface area contributed by atoms with E-state index in [-0.39, 0.29) is 11.3 Å². The van der Waals surface area contributed by atoms with Gasteiger partial charge in [-0.25, -0.2) is 0 Å². The van der Waals surface area contributed by atoms with Crippen LogP contribution in [0.1, 0.15) is 0 Å². The summed E-state index contributed by atoms with van der Waals surface area (Å²) >= 11 is 1.24. The summed E-state index contributed by atoms with van der Waals surface area (Å²) in [7, 11) is 0. The number of hydrogen-bond donors (Lipinski definition) is 1. The van der Waals surface area contributed by atoms with Gasteiger partial charge in [-0.15, -0.1) is 0 Å². The number of fused-ring (bicyclic) bond motifs is 1.